The molecule has 2 aromatic rings. The van der Waals surface area contributed by atoms with Crippen molar-refractivity contribution < 1.29 is 0 Å². The Hall–Kier alpha value is -1.37. The lowest BCUT2D eigenvalue weighted by atomic mass is 10.3. The summed E-state index contributed by atoms with van der Waals surface area (Å²) in [5.41, 5.74) is 6.62. The first-order valence-corrected chi connectivity index (χ1v) is 5.29. The average Bonchev–Trinajstić information content (AvgIpc) is 2.70. The molecule has 2 heterocycles. The fourth-order valence-corrected chi connectivity index (χ4v) is 1.79. The first-order chi connectivity index (χ1) is 7.16. The number of hydrogen-bond acceptors (Lipinski definition) is 4. The van der Waals surface area contributed by atoms with Crippen molar-refractivity contribution in [1.29, 1.82) is 0 Å². The third kappa shape index (κ3) is 2.17. The van der Waals surface area contributed by atoms with E-state index in [0.29, 0.717) is 4.73 Å². The third-order valence-corrected chi connectivity index (χ3v) is 2.73. The molecule has 0 saturated heterocycles. The molecule has 0 radical (unpaired) electrons. The maximum atomic E-state index is 5.47. The van der Waals surface area contributed by atoms with Gasteiger partial charge in [0, 0.05) is 31.9 Å². The molecule has 0 aliphatic carbocycles. The van der Waals surface area contributed by atoms with Gasteiger partial charge in [-0.25, -0.2) is 4.68 Å². The zero-order valence-corrected chi connectivity index (χ0v) is 9.85. The van der Waals surface area contributed by atoms with E-state index in [1.54, 1.807) is 10.9 Å². The predicted molar refractivity (Wildman–Crippen MR) is 59.0 cm³/mol. The molecule has 0 amide bonds. The van der Waals surface area contributed by atoms with Crippen LogP contribution >= 0.6 is 15.9 Å². The minimum Gasteiger partial charge on any atom is -0.366 e. The van der Waals surface area contributed by atoms with E-state index in [1.807, 2.05) is 17.8 Å². The van der Waals surface area contributed by atoms with Gasteiger partial charge in [-0.15, -0.1) is 5.10 Å². The molecular formula is C8H11BrN6. The Morgan fingerprint density at radius 3 is 2.87 bits per heavy atom. The van der Waals surface area contributed by atoms with Crippen LogP contribution < -0.4 is 5.73 Å². The Labute approximate surface area is 95.2 Å². The van der Waals surface area contributed by atoms with Crippen LogP contribution in [0.2, 0.25) is 0 Å². The van der Waals surface area contributed by atoms with E-state index in [2.05, 4.69) is 31.1 Å². The van der Waals surface area contributed by atoms with Crippen LogP contribution in [0.15, 0.2) is 17.0 Å². The largest absolute Gasteiger partial charge is 0.366 e. The monoisotopic (exact) mass is 270 g/mol. The van der Waals surface area contributed by atoms with Gasteiger partial charge in [-0.05, 0) is 22.0 Å². The molecule has 2 aromatic heterocycles. The van der Waals surface area contributed by atoms with Crippen molar-refractivity contribution >= 4 is 21.9 Å². The van der Waals surface area contributed by atoms with Crippen molar-refractivity contribution in [3.05, 3.63) is 22.7 Å². The van der Waals surface area contributed by atoms with Crippen LogP contribution in [0.4, 0.5) is 5.95 Å². The molecular weight excluding hydrogens is 260 g/mol. The van der Waals surface area contributed by atoms with E-state index in [9.17, 15) is 0 Å². The molecule has 0 atom stereocenters. The summed E-state index contributed by atoms with van der Waals surface area (Å²) in [6.45, 7) is 0.727. The molecule has 7 heteroatoms. The number of halogens is 1. The number of anilines is 1. The summed E-state index contributed by atoms with van der Waals surface area (Å²) in [7, 11) is 1.92. The lowest BCUT2D eigenvalue weighted by Gasteiger charge is -2.02. The minimum atomic E-state index is 0.284. The zero-order chi connectivity index (χ0) is 10.8. The second kappa shape index (κ2) is 4.01. The fourth-order valence-electron chi connectivity index (χ4n) is 1.35. The molecule has 0 saturated carbocycles. The van der Waals surface area contributed by atoms with Crippen LogP contribution in [0.1, 0.15) is 5.69 Å². The van der Waals surface area contributed by atoms with Crippen LogP contribution in [-0.2, 0) is 20.0 Å². The van der Waals surface area contributed by atoms with E-state index in [1.165, 1.54) is 0 Å². The van der Waals surface area contributed by atoms with E-state index < -0.39 is 0 Å². The van der Waals surface area contributed by atoms with Gasteiger partial charge in [0.15, 0.2) is 4.73 Å². The number of nitrogen functional groups attached to an aromatic ring is 1. The van der Waals surface area contributed by atoms with Crippen molar-refractivity contribution in [3.63, 3.8) is 0 Å². The minimum absolute atomic E-state index is 0.284. The van der Waals surface area contributed by atoms with Crippen molar-refractivity contribution in [1.82, 2.24) is 24.5 Å². The van der Waals surface area contributed by atoms with Crippen LogP contribution in [0.5, 0.6) is 0 Å². The second-order valence-corrected chi connectivity index (χ2v) is 3.87. The summed E-state index contributed by atoms with van der Waals surface area (Å²) >= 11 is 3.29. The van der Waals surface area contributed by atoms with Gasteiger partial charge < -0.3 is 5.73 Å². The Kier molecular flexibility index (Phi) is 2.72. The molecule has 0 spiro atoms. The molecule has 0 aromatic carbocycles. The van der Waals surface area contributed by atoms with Gasteiger partial charge >= 0.3 is 0 Å². The fraction of sp³-hybridized carbons (Fsp3) is 0.375. The van der Waals surface area contributed by atoms with Crippen molar-refractivity contribution in [3.8, 4) is 0 Å². The first kappa shape index (κ1) is 10.2. The second-order valence-electron chi connectivity index (χ2n) is 3.16. The van der Waals surface area contributed by atoms with Gasteiger partial charge in [0.05, 0.1) is 0 Å². The Bertz CT molecular complexity index is 459. The van der Waals surface area contributed by atoms with Gasteiger partial charge in [-0.2, -0.15) is 10.1 Å². The normalized spacial score (nSPS) is 10.8. The van der Waals surface area contributed by atoms with Gasteiger partial charge in [-0.3, -0.25) is 4.68 Å². The smallest absolute Gasteiger partial charge is 0.240 e. The quantitative estimate of drug-likeness (QED) is 0.887. The van der Waals surface area contributed by atoms with Gasteiger partial charge in [0.25, 0.3) is 0 Å². The summed E-state index contributed by atoms with van der Waals surface area (Å²) < 4.78 is 4.22. The number of rotatable bonds is 3. The molecule has 0 unspecified atom stereocenters. The standard InChI is InChI=1S/C8H11BrN6/c1-14-6(2-4-11-14)3-5-15-7(9)12-8(10)13-15/h2,4H,3,5H2,1H3,(H2,10,13). The SMILES string of the molecule is Cn1nccc1CCn1nc(N)nc1Br. The number of hydrogen-bond donors (Lipinski definition) is 1. The molecule has 0 aliphatic heterocycles. The van der Waals surface area contributed by atoms with Crippen LogP contribution in [0, 0.1) is 0 Å². The Balaban J connectivity index is 2.05. The molecule has 0 aliphatic rings. The first-order valence-electron chi connectivity index (χ1n) is 4.49. The highest BCUT2D eigenvalue weighted by atomic mass is 79.9. The summed E-state index contributed by atoms with van der Waals surface area (Å²) in [5.74, 6) is 0.284. The third-order valence-electron chi connectivity index (χ3n) is 2.15. The van der Waals surface area contributed by atoms with Crippen molar-refractivity contribution in [2.45, 2.75) is 13.0 Å². The Morgan fingerprint density at radius 2 is 2.33 bits per heavy atom. The van der Waals surface area contributed by atoms with E-state index in [-0.39, 0.29) is 5.95 Å². The maximum absolute atomic E-state index is 5.47. The molecule has 0 fully saturated rings. The number of nitrogens with zero attached hydrogens (tertiary/aromatic N) is 5. The van der Waals surface area contributed by atoms with Crippen LogP contribution in [0.3, 0.4) is 0 Å². The lowest BCUT2D eigenvalue weighted by Crippen LogP contribution is -2.07. The van der Waals surface area contributed by atoms with E-state index in [4.69, 9.17) is 5.73 Å². The number of nitrogens with two attached hydrogens (primary N) is 1. The summed E-state index contributed by atoms with van der Waals surface area (Å²) in [6, 6.07) is 1.98. The highest BCUT2D eigenvalue weighted by Gasteiger charge is 2.05. The van der Waals surface area contributed by atoms with Gasteiger partial charge in [0.2, 0.25) is 5.95 Å². The molecule has 80 valence electrons. The van der Waals surface area contributed by atoms with Gasteiger partial charge in [0.1, 0.15) is 0 Å². The van der Waals surface area contributed by atoms with E-state index >= 15 is 0 Å². The van der Waals surface area contributed by atoms with E-state index in [0.717, 1.165) is 18.7 Å². The molecule has 0 bridgehead atoms. The zero-order valence-electron chi connectivity index (χ0n) is 8.26. The average molecular weight is 271 g/mol. The number of aryl methyl sites for hydroxylation is 3. The van der Waals surface area contributed by atoms with Crippen LogP contribution in [-0.4, -0.2) is 24.5 Å². The topological polar surface area (TPSA) is 74.5 Å². The van der Waals surface area contributed by atoms with Crippen molar-refractivity contribution in [2.24, 2.45) is 7.05 Å². The molecule has 2 rings (SSSR count). The summed E-state index contributed by atoms with van der Waals surface area (Å²) in [6.07, 6.45) is 2.62. The summed E-state index contributed by atoms with van der Waals surface area (Å²) in [5, 5.41) is 8.14. The van der Waals surface area contributed by atoms with Crippen LogP contribution in [0.25, 0.3) is 0 Å². The predicted octanol–water partition coefficient (Wildman–Crippen LogP) is 0.599. The molecule has 15 heavy (non-hydrogen) atoms. The summed E-state index contributed by atoms with van der Waals surface area (Å²) in [4.78, 5) is 3.96. The highest BCUT2D eigenvalue weighted by Crippen LogP contribution is 2.09. The molecule has 6 nitrogen and oxygen atoms in total. The van der Waals surface area contributed by atoms with Gasteiger partial charge in [-0.1, -0.05) is 0 Å². The Morgan fingerprint density at radius 1 is 1.53 bits per heavy atom. The lowest BCUT2D eigenvalue weighted by molar-refractivity contribution is 0.576. The molecule has 2 N–H and O–H groups in total. The highest BCUT2D eigenvalue weighted by molar-refractivity contribution is 9.10. The van der Waals surface area contributed by atoms with Crippen molar-refractivity contribution in [2.75, 3.05) is 5.73 Å². The number of aromatic nitrogens is 5. The maximum Gasteiger partial charge on any atom is 0.240 e.